The summed E-state index contributed by atoms with van der Waals surface area (Å²) >= 11 is 0. The minimum absolute atomic E-state index is 0.0374. The van der Waals surface area contributed by atoms with E-state index in [4.69, 9.17) is 8.83 Å². The van der Waals surface area contributed by atoms with E-state index >= 15 is 0 Å². The molecule has 2 N–H and O–H groups in total. The van der Waals surface area contributed by atoms with Crippen LogP contribution in [-0.2, 0) is 0 Å². The highest BCUT2D eigenvalue weighted by Gasteiger charge is 2.17. The molecule has 0 unspecified atom stereocenters. The predicted molar refractivity (Wildman–Crippen MR) is 84.1 cm³/mol. The van der Waals surface area contributed by atoms with Gasteiger partial charge >= 0.3 is 0 Å². The Morgan fingerprint density at radius 3 is 2.65 bits per heavy atom. The van der Waals surface area contributed by atoms with Crippen molar-refractivity contribution in [3.05, 3.63) is 70.1 Å². The number of pyridine rings is 1. The van der Waals surface area contributed by atoms with Crippen molar-refractivity contribution in [3.63, 3.8) is 0 Å². The van der Waals surface area contributed by atoms with Gasteiger partial charge in [0.25, 0.3) is 11.5 Å². The van der Waals surface area contributed by atoms with Crippen LogP contribution in [0.25, 0.3) is 11.5 Å². The van der Waals surface area contributed by atoms with Crippen LogP contribution in [0, 0.1) is 6.92 Å². The van der Waals surface area contributed by atoms with Gasteiger partial charge in [-0.05, 0) is 50.2 Å². The molecule has 0 spiro atoms. The number of aromatic nitrogens is 1. The molecule has 6 nitrogen and oxygen atoms in total. The summed E-state index contributed by atoms with van der Waals surface area (Å²) in [6, 6.07) is 9.85. The molecular weight excluding hydrogens is 296 g/mol. The summed E-state index contributed by atoms with van der Waals surface area (Å²) in [5.74, 6) is 1.48. The van der Waals surface area contributed by atoms with Gasteiger partial charge < -0.3 is 19.1 Å². The Balaban J connectivity index is 1.78. The van der Waals surface area contributed by atoms with Crippen LogP contribution in [0.1, 0.15) is 34.8 Å². The van der Waals surface area contributed by atoms with Gasteiger partial charge in [-0.15, -0.1) is 0 Å². The molecule has 0 aliphatic heterocycles. The zero-order chi connectivity index (χ0) is 16.4. The minimum atomic E-state index is -0.473. The molecule has 3 heterocycles. The van der Waals surface area contributed by atoms with Crippen LogP contribution in [0.5, 0.6) is 0 Å². The van der Waals surface area contributed by atoms with Crippen molar-refractivity contribution in [2.45, 2.75) is 19.9 Å². The first-order chi connectivity index (χ1) is 11.0. The van der Waals surface area contributed by atoms with Gasteiger partial charge in [0.05, 0.1) is 18.0 Å². The van der Waals surface area contributed by atoms with Gasteiger partial charge in [-0.1, -0.05) is 0 Å². The number of carbonyl (C=O) groups is 1. The standard InChI is InChI=1S/C17H16N2O4/c1-10-5-8-14(23-10)11(2)18-16(20)12-6-7-13(19-17(12)21)15-4-3-9-22-15/h3-9,11H,1-2H3,(H,18,20)(H,19,21)/t11-/m1/s1. The monoisotopic (exact) mass is 312 g/mol. The Bertz CT molecular complexity index is 874. The zero-order valence-electron chi connectivity index (χ0n) is 12.8. The molecule has 0 aromatic carbocycles. The third-order valence-electron chi connectivity index (χ3n) is 3.48. The fraction of sp³-hybridized carbons (Fsp3) is 0.176. The second-order valence-corrected chi connectivity index (χ2v) is 5.24. The molecule has 1 amide bonds. The average molecular weight is 312 g/mol. The Labute approximate surface area is 132 Å². The summed E-state index contributed by atoms with van der Waals surface area (Å²) in [7, 11) is 0. The van der Waals surface area contributed by atoms with Gasteiger partial charge in [0.1, 0.15) is 22.8 Å². The fourth-order valence-electron chi connectivity index (χ4n) is 2.26. The first-order valence-electron chi connectivity index (χ1n) is 7.19. The lowest BCUT2D eigenvalue weighted by molar-refractivity contribution is 0.0933. The maximum absolute atomic E-state index is 12.3. The van der Waals surface area contributed by atoms with E-state index < -0.39 is 11.5 Å². The van der Waals surface area contributed by atoms with E-state index in [-0.39, 0.29) is 11.6 Å². The van der Waals surface area contributed by atoms with Gasteiger partial charge in [-0.2, -0.15) is 0 Å². The predicted octanol–water partition coefficient (Wildman–Crippen LogP) is 3.03. The summed E-state index contributed by atoms with van der Waals surface area (Å²) in [6.07, 6.45) is 1.52. The van der Waals surface area contributed by atoms with Crippen LogP contribution in [0.2, 0.25) is 0 Å². The van der Waals surface area contributed by atoms with Gasteiger partial charge in [-0.25, -0.2) is 0 Å². The van der Waals surface area contributed by atoms with E-state index in [1.54, 1.807) is 31.2 Å². The summed E-state index contributed by atoms with van der Waals surface area (Å²) in [5.41, 5.74) is 0.0842. The number of hydrogen-bond acceptors (Lipinski definition) is 4. The molecule has 0 radical (unpaired) electrons. The van der Waals surface area contributed by atoms with E-state index in [9.17, 15) is 9.59 Å². The molecule has 6 heteroatoms. The maximum atomic E-state index is 12.3. The number of hydrogen-bond donors (Lipinski definition) is 2. The smallest absolute Gasteiger partial charge is 0.261 e. The fourth-order valence-corrected chi connectivity index (χ4v) is 2.26. The molecule has 1 atom stereocenters. The zero-order valence-corrected chi connectivity index (χ0v) is 12.8. The van der Waals surface area contributed by atoms with Crippen molar-refractivity contribution in [2.24, 2.45) is 0 Å². The summed E-state index contributed by atoms with van der Waals surface area (Å²) in [4.78, 5) is 27.0. The van der Waals surface area contributed by atoms with E-state index in [0.717, 1.165) is 5.76 Å². The first-order valence-corrected chi connectivity index (χ1v) is 7.19. The van der Waals surface area contributed by atoms with Crippen LogP contribution in [0.15, 0.2) is 56.3 Å². The molecule has 0 saturated carbocycles. The second-order valence-electron chi connectivity index (χ2n) is 5.24. The minimum Gasteiger partial charge on any atom is -0.464 e. The van der Waals surface area contributed by atoms with Crippen LogP contribution >= 0.6 is 0 Å². The van der Waals surface area contributed by atoms with E-state index in [2.05, 4.69) is 10.3 Å². The third kappa shape index (κ3) is 3.11. The highest BCUT2D eigenvalue weighted by molar-refractivity contribution is 5.94. The number of nitrogens with one attached hydrogen (secondary N) is 2. The normalized spacial score (nSPS) is 12.1. The number of aryl methyl sites for hydroxylation is 1. The van der Waals surface area contributed by atoms with Gasteiger partial charge in [-0.3, -0.25) is 9.59 Å². The van der Waals surface area contributed by atoms with E-state index in [0.29, 0.717) is 17.2 Å². The van der Waals surface area contributed by atoms with Crippen molar-refractivity contribution in [1.29, 1.82) is 0 Å². The molecule has 118 valence electrons. The van der Waals surface area contributed by atoms with Crippen molar-refractivity contribution < 1.29 is 13.6 Å². The molecular formula is C17H16N2O4. The molecule has 23 heavy (non-hydrogen) atoms. The molecule has 3 aromatic heterocycles. The lowest BCUT2D eigenvalue weighted by Crippen LogP contribution is -2.31. The quantitative estimate of drug-likeness (QED) is 0.775. The van der Waals surface area contributed by atoms with Crippen molar-refractivity contribution in [1.82, 2.24) is 10.3 Å². The van der Waals surface area contributed by atoms with Crippen molar-refractivity contribution in [2.75, 3.05) is 0 Å². The summed E-state index contributed by atoms with van der Waals surface area (Å²) < 4.78 is 10.7. The molecule has 3 rings (SSSR count). The van der Waals surface area contributed by atoms with Crippen molar-refractivity contribution >= 4 is 5.91 Å². The number of amides is 1. The topological polar surface area (TPSA) is 88.2 Å². The number of rotatable bonds is 4. The maximum Gasteiger partial charge on any atom is 0.261 e. The van der Waals surface area contributed by atoms with Crippen LogP contribution in [0.3, 0.4) is 0 Å². The highest BCUT2D eigenvalue weighted by atomic mass is 16.3. The Morgan fingerprint density at radius 1 is 1.22 bits per heavy atom. The van der Waals surface area contributed by atoms with Crippen LogP contribution in [-0.4, -0.2) is 10.9 Å². The Hall–Kier alpha value is -3.02. The molecule has 0 bridgehead atoms. The van der Waals surface area contributed by atoms with Gasteiger partial charge in [0, 0.05) is 0 Å². The summed E-state index contributed by atoms with van der Waals surface area (Å²) in [6.45, 7) is 3.62. The lowest BCUT2D eigenvalue weighted by atomic mass is 10.2. The van der Waals surface area contributed by atoms with Gasteiger partial charge in [0.2, 0.25) is 0 Å². The number of H-pyrrole nitrogens is 1. The molecule has 0 aliphatic rings. The lowest BCUT2D eigenvalue weighted by Gasteiger charge is -2.11. The third-order valence-corrected chi connectivity index (χ3v) is 3.48. The molecule has 0 saturated heterocycles. The van der Waals surface area contributed by atoms with Crippen molar-refractivity contribution in [3.8, 4) is 11.5 Å². The molecule has 0 fully saturated rings. The average Bonchev–Trinajstić information content (AvgIpc) is 3.18. The largest absolute Gasteiger partial charge is 0.464 e. The molecule has 0 aliphatic carbocycles. The highest BCUT2D eigenvalue weighted by Crippen LogP contribution is 2.17. The first kappa shape index (κ1) is 14.9. The van der Waals surface area contributed by atoms with E-state index in [1.807, 2.05) is 13.0 Å². The number of furan rings is 2. The van der Waals surface area contributed by atoms with Crippen LogP contribution in [0.4, 0.5) is 0 Å². The van der Waals surface area contributed by atoms with Crippen LogP contribution < -0.4 is 10.9 Å². The number of aromatic amines is 1. The Kier molecular flexibility index (Phi) is 3.89. The second kappa shape index (κ2) is 6.00. The molecule has 3 aromatic rings. The number of carbonyl (C=O) groups excluding carboxylic acids is 1. The summed E-state index contributed by atoms with van der Waals surface area (Å²) in [5, 5.41) is 2.74. The Morgan fingerprint density at radius 2 is 2.04 bits per heavy atom. The van der Waals surface area contributed by atoms with E-state index in [1.165, 1.54) is 12.3 Å². The van der Waals surface area contributed by atoms with Gasteiger partial charge in [0.15, 0.2) is 0 Å². The SMILES string of the molecule is Cc1ccc([C@@H](C)NC(=O)c2ccc(-c3ccco3)[nH]c2=O)o1.